The molecule has 12 nitrogen and oxygen atoms in total. The average molecular weight is 1130 g/mol. The minimum Gasteiger partial charge on any atom is -0.439 e. The van der Waals surface area contributed by atoms with E-state index in [0.29, 0.717) is 28.3 Å². The molecule has 12 aromatic rings. The monoisotopic (exact) mass is 1130 g/mol. The van der Waals surface area contributed by atoms with Gasteiger partial charge in [0.25, 0.3) is 17.5 Å². The van der Waals surface area contributed by atoms with Crippen LogP contribution in [-0.4, -0.2) is 35.5 Å². The SMILES string of the molecule is CB1C=c2c(oc3nc(C)ccc23)=CN1c1cc(C)c(-c2ccccc2)c[n+]1C.CB1C=c2oc3nc(C)ccc3c2=CN1c1cc(-c2ccccc2)cc[n+]1C.[2H]C([2H])([2H])c1c[n+](C)c(N2C=c3c(oc4nc(C)ccc34)=CB2C)cc1-c1ccccc1. The number of aromatic nitrogens is 6. The van der Waals surface area contributed by atoms with Crippen LogP contribution in [0.5, 0.6) is 0 Å². The summed E-state index contributed by atoms with van der Waals surface area (Å²) in [7, 11) is 6.06. The van der Waals surface area contributed by atoms with Gasteiger partial charge in [0.05, 0.1) is 73.3 Å². The van der Waals surface area contributed by atoms with Gasteiger partial charge in [-0.2, -0.15) is 0 Å². The number of benzene rings is 3. The van der Waals surface area contributed by atoms with Crippen molar-refractivity contribution in [1.82, 2.24) is 15.0 Å². The van der Waals surface area contributed by atoms with Crippen LogP contribution in [0.4, 0.5) is 17.5 Å². The molecule has 0 bridgehead atoms. The van der Waals surface area contributed by atoms with Crippen LogP contribution < -0.4 is 60.0 Å². The summed E-state index contributed by atoms with van der Waals surface area (Å²) >= 11 is 0. The molecule has 0 atom stereocenters. The minimum absolute atomic E-state index is 0.0117. The molecule has 0 unspecified atom stereocenters. The Kier molecular flexibility index (Phi) is 13.5. The van der Waals surface area contributed by atoms with Gasteiger partial charge in [-0.3, -0.25) is 14.4 Å². The molecule has 0 radical (unpaired) electrons. The van der Waals surface area contributed by atoms with Crippen molar-refractivity contribution >= 4 is 108 Å². The topological polar surface area (TPSA) is 99.5 Å². The predicted molar refractivity (Wildman–Crippen MR) is 352 cm³/mol. The van der Waals surface area contributed by atoms with Crippen LogP contribution >= 0.6 is 0 Å². The molecule has 0 fully saturated rings. The Balaban J connectivity index is 0.000000123. The molecule has 3 aliphatic rings. The normalized spacial score (nSPS) is 13.9. The molecule has 0 spiro atoms. The molecule has 3 aliphatic heterocycles. The van der Waals surface area contributed by atoms with Crippen LogP contribution in [0.1, 0.15) is 32.3 Å². The molecule has 0 saturated carbocycles. The van der Waals surface area contributed by atoms with Crippen LogP contribution in [0.3, 0.4) is 0 Å². The molecule has 15 rings (SSSR count). The smallest absolute Gasteiger partial charge is 0.405 e. The third kappa shape index (κ3) is 10.5. The maximum Gasteiger partial charge on any atom is 0.405 e. The highest BCUT2D eigenvalue weighted by atomic mass is 16.3. The highest BCUT2D eigenvalue weighted by Crippen LogP contribution is 2.29. The largest absolute Gasteiger partial charge is 0.439 e. The van der Waals surface area contributed by atoms with Gasteiger partial charge >= 0.3 is 20.5 Å². The first-order valence-corrected chi connectivity index (χ1v) is 29.2. The molecule has 420 valence electrons. The zero-order valence-corrected chi connectivity index (χ0v) is 50.1. The highest BCUT2D eigenvalue weighted by molar-refractivity contribution is 6.78. The van der Waals surface area contributed by atoms with E-state index in [-0.39, 0.29) is 20.5 Å². The quantitative estimate of drug-likeness (QED) is 0.119. The Hall–Kier alpha value is -10.0. The number of pyridine rings is 6. The van der Waals surface area contributed by atoms with E-state index < -0.39 is 6.85 Å². The third-order valence-corrected chi connectivity index (χ3v) is 16.5. The van der Waals surface area contributed by atoms with Crippen molar-refractivity contribution in [2.45, 2.75) is 55.0 Å². The van der Waals surface area contributed by atoms with Crippen LogP contribution in [0.25, 0.3) is 103 Å². The van der Waals surface area contributed by atoms with Crippen molar-refractivity contribution in [3.05, 3.63) is 230 Å². The van der Waals surface area contributed by atoms with E-state index in [9.17, 15) is 0 Å². The Bertz CT molecular complexity index is 5160. The molecule has 0 N–H and O–H groups in total. The second kappa shape index (κ2) is 22.5. The number of furan rings is 3. The number of anilines is 3. The Labute approximate surface area is 505 Å². The first-order valence-electron chi connectivity index (χ1n) is 30.7. The summed E-state index contributed by atoms with van der Waals surface area (Å²) < 4.78 is 48.5. The lowest BCUT2D eigenvalue weighted by molar-refractivity contribution is -0.658. The number of aryl methyl sites for hydroxylation is 8. The number of nitrogens with zero attached hydrogens (tertiary/aromatic N) is 9. The molecule has 0 saturated heterocycles. The molecular formula is C71H67B3N9O3+3. The van der Waals surface area contributed by atoms with Gasteiger partial charge in [0.15, 0.2) is 5.42 Å². The number of hydrogen-bond donors (Lipinski definition) is 0. The summed E-state index contributed by atoms with van der Waals surface area (Å²) in [6, 6.07) is 51.6. The average Bonchev–Trinajstić information content (AvgIpc) is 2.15. The fourth-order valence-electron chi connectivity index (χ4n) is 11.9. The van der Waals surface area contributed by atoms with E-state index in [1.807, 2.05) is 99.1 Å². The third-order valence-electron chi connectivity index (χ3n) is 16.5. The Morgan fingerprint density at radius 3 is 1.38 bits per heavy atom. The maximum atomic E-state index is 8.07. The van der Waals surface area contributed by atoms with Gasteiger partial charge in [-0.1, -0.05) is 97.0 Å². The summed E-state index contributed by atoms with van der Waals surface area (Å²) in [5, 5.41) is 6.29. The first kappa shape index (κ1) is 51.6. The van der Waals surface area contributed by atoms with Crippen molar-refractivity contribution in [1.29, 1.82) is 0 Å². The number of rotatable bonds is 6. The van der Waals surface area contributed by atoms with Crippen LogP contribution in [0.15, 0.2) is 184 Å². The zero-order valence-electron chi connectivity index (χ0n) is 53.1. The lowest BCUT2D eigenvalue weighted by Gasteiger charge is -2.20. The van der Waals surface area contributed by atoms with E-state index in [1.165, 1.54) is 27.8 Å². The predicted octanol–water partition coefficient (Wildman–Crippen LogP) is 9.10. The van der Waals surface area contributed by atoms with Gasteiger partial charge in [0.2, 0.25) is 17.1 Å². The maximum absolute atomic E-state index is 8.07. The molecule has 12 heterocycles. The fraction of sp³-hybridized carbons (Fsp3) is 0.155. The molecular weight excluding hydrogens is 1060 g/mol. The summed E-state index contributed by atoms with van der Waals surface area (Å²) in [6.07, 6.45) is 12.4. The van der Waals surface area contributed by atoms with E-state index in [2.05, 4.69) is 214 Å². The standard InChI is InChI=1S/2C24H23BN3O.C23H21BN3O/c1-16-14-27(4)23(12-20(16)18-8-6-5-7-9-18)28-15-21-19-11-10-17(2)26-24(19)29-22(21)13-25(28)3;1-16-12-23(27(4)14-21(16)18-8-6-5-7-9-18)28-15-22-20(13-25(28)3)19-11-10-17(2)26-24(19)29-22;1-16-9-10-19-20-15-27(24(2)14-21(20)28-23(19)25-16)22-13-18(11-12-26(22)3)17-7-5-4-6-8-17/h2*5-15H,1-4H3;4-15H,1-3H3/q3*+1/i1D3;;. The van der Waals surface area contributed by atoms with Crippen LogP contribution in [0.2, 0.25) is 20.5 Å². The summed E-state index contributed by atoms with van der Waals surface area (Å²) in [4.78, 5) is 20.3. The van der Waals surface area contributed by atoms with E-state index in [4.69, 9.17) is 17.4 Å². The number of fused-ring (bicyclic) bond motifs is 9. The van der Waals surface area contributed by atoms with Gasteiger partial charge in [0.1, 0.15) is 17.0 Å². The zero-order chi connectivity index (χ0) is 62.0. The second-order valence-electron chi connectivity index (χ2n) is 22.8. The van der Waals surface area contributed by atoms with Crippen molar-refractivity contribution in [3.8, 4) is 33.4 Å². The summed E-state index contributed by atoms with van der Waals surface area (Å²) in [6.45, 7) is 12.7. The van der Waals surface area contributed by atoms with Gasteiger partial charge in [-0.15, -0.1) is 0 Å². The molecule has 3 aromatic carbocycles. The highest BCUT2D eigenvalue weighted by Gasteiger charge is 2.33. The van der Waals surface area contributed by atoms with Crippen molar-refractivity contribution in [2.24, 2.45) is 21.1 Å². The summed E-state index contributed by atoms with van der Waals surface area (Å²) in [5.74, 6) is 9.65. The molecule has 9 aromatic heterocycles. The number of hydrogen-bond acceptors (Lipinski definition) is 9. The van der Waals surface area contributed by atoms with Gasteiger partial charge in [0, 0.05) is 55.6 Å². The Morgan fingerprint density at radius 2 is 0.849 bits per heavy atom. The van der Waals surface area contributed by atoms with Gasteiger partial charge in [-0.05, 0) is 148 Å². The molecule has 0 amide bonds. The van der Waals surface area contributed by atoms with Crippen molar-refractivity contribution in [3.63, 3.8) is 0 Å². The molecule has 0 aliphatic carbocycles. The first-order chi connectivity index (χ1) is 42.8. The lowest BCUT2D eigenvalue weighted by atomic mass is 9.61. The van der Waals surface area contributed by atoms with Gasteiger partial charge < -0.3 is 13.3 Å². The Morgan fingerprint density at radius 1 is 0.407 bits per heavy atom. The fourth-order valence-corrected chi connectivity index (χ4v) is 11.9. The van der Waals surface area contributed by atoms with E-state index in [1.54, 1.807) is 6.20 Å². The minimum atomic E-state index is -2.22. The second-order valence-corrected chi connectivity index (χ2v) is 22.8. The van der Waals surface area contributed by atoms with E-state index >= 15 is 0 Å². The summed E-state index contributed by atoms with van der Waals surface area (Å²) in [5.41, 5.74) is 15.5. The lowest BCUT2D eigenvalue weighted by Crippen LogP contribution is -2.47. The van der Waals surface area contributed by atoms with Crippen LogP contribution in [-0.2, 0) is 21.1 Å². The van der Waals surface area contributed by atoms with Gasteiger partial charge in [-0.25, -0.2) is 28.7 Å². The van der Waals surface area contributed by atoms with E-state index in [0.717, 1.165) is 88.2 Å². The molecule has 86 heavy (non-hydrogen) atoms. The molecule has 15 heteroatoms. The van der Waals surface area contributed by atoms with Crippen molar-refractivity contribution in [2.75, 3.05) is 14.4 Å². The van der Waals surface area contributed by atoms with Crippen LogP contribution in [0, 0.1) is 34.5 Å². The van der Waals surface area contributed by atoms with Crippen molar-refractivity contribution < 1.29 is 31.1 Å².